The van der Waals surface area contributed by atoms with Crippen LogP contribution in [-0.4, -0.2) is 13.4 Å². The van der Waals surface area contributed by atoms with E-state index in [0.717, 1.165) is 16.7 Å². The second-order valence-corrected chi connectivity index (χ2v) is 8.26. The van der Waals surface area contributed by atoms with Gasteiger partial charge in [0.25, 0.3) is 0 Å². The smallest absolute Gasteiger partial charge is 0.216 e. The molecule has 0 spiro atoms. The summed E-state index contributed by atoms with van der Waals surface area (Å²) in [5.74, 6) is -0.148. The Bertz CT molecular complexity index is 925. The summed E-state index contributed by atoms with van der Waals surface area (Å²) in [6.45, 7) is 0.192. The molecule has 0 aliphatic heterocycles. The molecule has 1 aromatic carbocycles. The Morgan fingerprint density at radius 1 is 1.12 bits per heavy atom. The third-order valence-corrected chi connectivity index (χ3v) is 5.78. The van der Waals surface area contributed by atoms with E-state index in [2.05, 4.69) is 9.71 Å². The van der Waals surface area contributed by atoms with Crippen molar-refractivity contribution in [2.45, 2.75) is 12.3 Å². The molecule has 7 heteroatoms. The number of sulfonamides is 1. The molecule has 0 aliphatic rings. The van der Waals surface area contributed by atoms with Gasteiger partial charge in [0.2, 0.25) is 10.0 Å². The van der Waals surface area contributed by atoms with Crippen molar-refractivity contribution in [1.29, 1.82) is 0 Å². The van der Waals surface area contributed by atoms with Gasteiger partial charge in [-0.1, -0.05) is 29.8 Å². The van der Waals surface area contributed by atoms with E-state index >= 15 is 0 Å². The number of nitrogens with one attached hydrogen (secondary N) is 1. The summed E-state index contributed by atoms with van der Waals surface area (Å²) in [4.78, 5) is 4.19. The fraction of sp³-hybridized carbons (Fsp3) is 0.118. The molecule has 2 heterocycles. The second kappa shape index (κ2) is 7.44. The molecule has 3 rings (SSSR count). The van der Waals surface area contributed by atoms with Gasteiger partial charge in [-0.25, -0.2) is 13.1 Å². The first kappa shape index (κ1) is 17.1. The van der Waals surface area contributed by atoms with Crippen molar-refractivity contribution in [3.8, 4) is 11.1 Å². The topological polar surface area (TPSA) is 59.1 Å². The van der Waals surface area contributed by atoms with Gasteiger partial charge in [-0.2, -0.15) is 11.3 Å². The number of pyridine rings is 1. The summed E-state index contributed by atoms with van der Waals surface area (Å²) < 4.78 is 27.1. The molecule has 0 atom stereocenters. The maximum Gasteiger partial charge on any atom is 0.216 e. The first-order valence-electron chi connectivity index (χ1n) is 7.21. The van der Waals surface area contributed by atoms with Crippen molar-refractivity contribution < 1.29 is 8.42 Å². The van der Waals surface area contributed by atoms with E-state index in [1.54, 1.807) is 48.0 Å². The highest BCUT2D eigenvalue weighted by Crippen LogP contribution is 2.22. The molecule has 0 radical (unpaired) electrons. The summed E-state index contributed by atoms with van der Waals surface area (Å²) in [7, 11) is -3.48. The molecular weight excluding hydrogens is 364 g/mol. The molecule has 124 valence electrons. The number of benzene rings is 1. The number of halogens is 1. The minimum Gasteiger partial charge on any atom is -0.264 e. The van der Waals surface area contributed by atoms with Crippen LogP contribution in [0.25, 0.3) is 11.1 Å². The lowest BCUT2D eigenvalue weighted by atomic mass is 10.1. The number of aromatic nitrogens is 1. The van der Waals surface area contributed by atoms with E-state index in [9.17, 15) is 8.42 Å². The molecule has 0 saturated carbocycles. The maximum atomic E-state index is 12.3. The number of hydrogen-bond acceptors (Lipinski definition) is 4. The van der Waals surface area contributed by atoms with Crippen molar-refractivity contribution in [2.24, 2.45) is 0 Å². The third kappa shape index (κ3) is 4.42. The highest BCUT2D eigenvalue weighted by atomic mass is 35.5. The summed E-state index contributed by atoms with van der Waals surface area (Å²) >= 11 is 7.63. The average molecular weight is 379 g/mol. The second-order valence-electron chi connectivity index (χ2n) is 5.27. The van der Waals surface area contributed by atoms with Crippen molar-refractivity contribution in [3.63, 3.8) is 0 Å². The van der Waals surface area contributed by atoms with Crippen LogP contribution in [0.5, 0.6) is 0 Å². The summed E-state index contributed by atoms with van der Waals surface area (Å²) in [5.41, 5.74) is 3.44. The third-order valence-electron chi connectivity index (χ3n) is 3.45. The van der Waals surface area contributed by atoms with E-state index in [1.807, 2.05) is 22.9 Å². The van der Waals surface area contributed by atoms with Crippen LogP contribution >= 0.6 is 22.9 Å². The molecule has 24 heavy (non-hydrogen) atoms. The Kier molecular flexibility index (Phi) is 5.30. The standard InChI is InChI=1S/C17H15ClN2O2S2/c18-17-4-2-1-3-15(17)12-24(21,22)20-9-13-7-16(10-19-8-13)14-5-6-23-11-14/h1-8,10-11,20H,9,12H2. The van der Waals surface area contributed by atoms with Gasteiger partial charge in [-0.15, -0.1) is 0 Å². The molecule has 3 aromatic rings. The lowest BCUT2D eigenvalue weighted by Crippen LogP contribution is -2.24. The van der Waals surface area contributed by atoms with Gasteiger partial charge in [0.05, 0.1) is 5.75 Å². The monoisotopic (exact) mass is 378 g/mol. The van der Waals surface area contributed by atoms with Crippen LogP contribution in [0, 0.1) is 0 Å². The fourth-order valence-electron chi connectivity index (χ4n) is 2.24. The number of rotatable bonds is 6. The van der Waals surface area contributed by atoms with Gasteiger partial charge >= 0.3 is 0 Å². The SMILES string of the molecule is O=S(=O)(Cc1ccccc1Cl)NCc1cncc(-c2ccsc2)c1. The molecule has 4 nitrogen and oxygen atoms in total. The zero-order valence-corrected chi connectivity index (χ0v) is 15.0. The van der Waals surface area contributed by atoms with Crippen LogP contribution in [-0.2, 0) is 22.3 Å². The summed E-state index contributed by atoms with van der Waals surface area (Å²) in [6, 6.07) is 10.9. The van der Waals surface area contributed by atoms with Crippen molar-refractivity contribution in [3.05, 3.63) is 75.7 Å². The van der Waals surface area contributed by atoms with Gasteiger partial charge in [-0.3, -0.25) is 4.98 Å². The van der Waals surface area contributed by atoms with E-state index in [0.29, 0.717) is 10.6 Å². The normalized spacial score (nSPS) is 11.5. The van der Waals surface area contributed by atoms with Gasteiger partial charge in [0.15, 0.2) is 0 Å². The zero-order chi connectivity index (χ0) is 17.0. The average Bonchev–Trinajstić information content (AvgIpc) is 3.10. The molecular formula is C17H15ClN2O2S2. The van der Waals surface area contributed by atoms with E-state index in [-0.39, 0.29) is 12.3 Å². The van der Waals surface area contributed by atoms with Crippen molar-refractivity contribution >= 4 is 33.0 Å². The first-order chi connectivity index (χ1) is 11.5. The molecule has 0 bridgehead atoms. The molecule has 1 N–H and O–H groups in total. The predicted molar refractivity (Wildman–Crippen MR) is 98.5 cm³/mol. The first-order valence-corrected chi connectivity index (χ1v) is 10.2. The summed E-state index contributed by atoms with van der Waals surface area (Å²) in [6.07, 6.45) is 3.43. The number of nitrogens with zero attached hydrogens (tertiary/aromatic N) is 1. The number of thiophene rings is 1. The van der Waals surface area contributed by atoms with Gasteiger partial charge in [0.1, 0.15) is 0 Å². The zero-order valence-electron chi connectivity index (χ0n) is 12.6. The Hall–Kier alpha value is -1.73. The lowest BCUT2D eigenvalue weighted by Gasteiger charge is -2.09. The van der Waals surface area contributed by atoms with Crippen molar-refractivity contribution in [2.75, 3.05) is 0 Å². The Balaban J connectivity index is 1.69. The molecule has 2 aromatic heterocycles. The van der Waals surface area contributed by atoms with Crippen LogP contribution < -0.4 is 4.72 Å². The molecule has 0 saturated heterocycles. The Morgan fingerprint density at radius 2 is 1.96 bits per heavy atom. The van der Waals surface area contributed by atoms with E-state index in [1.165, 1.54) is 0 Å². The molecule has 0 amide bonds. The van der Waals surface area contributed by atoms with Crippen LogP contribution in [0.15, 0.2) is 59.6 Å². The van der Waals surface area contributed by atoms with E-state index < -0.39 is 10.0 Å². The Labute approximate surface area is 150 Å². The highest BCUT2D eigenvalue weighted by molar-refractivity contribution is 7.88. The predicted octanol–water partition coefficient (Wildman–Crippen LogP) is 4.08. The maximum absolute atomic E-state index is 12.3. The van der Waals surface area contributed by atoms with Crippen LogP contribution in [0.4, 0.5) is 0 Å². The van der Waals surface area contributed by atoms with Crippen LogP contribution in [0.3, 0.4) is 0 Å². The van der Waals surface area contributed by atoms with Crippen LogP contribution in [0.2, 0.25) is 5.02 Å². The molecule has 0 unspecified atom stereocenters. The minimum absolute atomic E-state index is 0.148. The fourth-order valence-corrected chi connectivity index (χ4v) is 4.33. The largest absolute Gasteiger partial charge is 0.264 e. The Morgan fingerprint density at radius 3 is 2.71 bits per heavy atom. The molecule has 0 aliphatic carbocycles. The van der Waals surface area contributed by atoms with Gasteiger partial charge in [-0.05, 0) is 45.6 Å². The highest BCUT2D eigenvalue weighted by Gasteiger charge is 2.13. The minimum atomic E-state index is -3.48. The lowest BCUT2D eigenvalue weighted by molar-refractivity contribution is 0.580. The number of hydrogen-bond donors (Lipinski definition) is 1. The quantitative estimate of drug-likeness (QED) is 0.703. The van der Waals surface area contributed by atoms with Gasteiger partial charge in [0, 0.05) is 29.5 Å². The summed E-state index contributed by atoms with van der Waals surface area (Å²) in [5, 5.41) is 4.47. The van der Waals surface area contributed by atoms with E-state index in [4.69, 9.17) is 11.6 Å². The van der Waals surface area contributed by atoms with Crippen molar-refractivity contribution in [1.82, 2.24) is 9.71 Å². The molecule has 0 fully saturated rings. The van der Waals surface area contributed by atoms with Crippen LogP contribution in [0.1, 0.15) is 11.1 Å². The van der Waals surface area contributed by atoms with Gasteiger partial charge < -0.3 is 0 Å².